The van der Waals surface area contributed by atoms with Crippen molar-refractivity contribution in [3.05, 3.63) is 18.3 Å². The maximum atomic E-state index is 11.6. The third kappa shape index (κ3) is 3.51. The molecule has 0 aliphatic carbocycles. The number of carbonyl (C=O) groups is 1. The summed E-state index contributed by atoms with van der Waals surface area (Å²) >= 11 is 0. The molecular formula is C11H17N3O2. The molecule has 0 saturated carbocycles. The van der Waals surface area contributed by atoms with E-state index in [1.165, 1.54) is 12.3 Å². The number of nitrogens with two attached hydrogens (primary N) is 1. The lowest BCUT2D eigenvalue weighted by molar-refractivity contribution is -0.117. The van der Waals surface area contributed by atoms with Crippen molar-refractivity contribution in [2.45, 2.75) is 32.2 Å². The zero-order chi connectivity index (χ0) is 12.0. The van der Waals surface area contributed by atoms with E-state index in [0.717, 1.165) is 12.8 Å². The van der Waals surface area contributed by atoms with Crippen LogP contribution in [0.5, 0.6) is 5.75 Å². The first-order valence-corrected chi connectivity index (χ1v) is 5.35. The molecule has 1 aromatic heterocycles. The first-order valence-electron chi connectivity index (χ1n) is 5.35. The first-order chi connectivity index (χ1) is 7.65. The molecular weight excluding hydrogens is 206 g/mol. The van der Waals surface area contributed by atoms with Gasteiger partial charge in [0.1, 0.15) is 0 Å². The van der Waals surface area contributed by atoms with Gasteiger partial charge in [0.25, 0.3) is 0 Å². The monoisotopic (exact) mass is 223 g/mol. The Morgan fingerprint density at radius 2 is 2.44 bits per heavy atom. The molecule has 88 valence electrons. The Balaban J connectivity index is 2.54. The molecule has 5 heteroatoms. The van der Waals surface area contributed by atoms with Crippen molar-refractivity contribution in [1.82, 2.24) is 4.98 Å². The van der Waals surface area contributed by atoms with Gasteiger partial charge < -0.3 is 16.2 Å². The highest BCUT2D eigenvalue weighted by molar-refractivity contribution is 5.94. The summed E-state index contributed by atoms with van der Waals surface area (Å²) in [5.74, 6) is -0.222. The fourth-order valence-electron chi connectivity index (χ4n) is 1.26. The number of unbranched alkanes of at least 4 members (excludes halogenated alkanes) is 1. The van der Waals surface area contributed by atoms with E-state index < -0.39 is 6.04 Å². The van der Waals surface area contributed by atoms with Crippen molar-refractivity contribution in [2.75, 3.05) is 5.32 Å². The lowest BCUT2D eigenvalue weighted by atomic mass is 10.1. The Kier molecular flexibility index (Phi) is 4.72. The van der Waals surface area contributed by atoms with Crippen LogP contribution in [0.3, 0.4) is 0 Å². The van der Waals surface area contributed by atoms with Crippen molar-refractivity contribution >= 4 is 11.7 Å². The Hall–Kier alpha value is -1.62. The van der Waals surface area contributed by atoms with E-state index in [2.05, 4.69) is 10.3 Å². The number of carbonyl (C=O) groups excluding carboxylic acids is 1. The van der Waals surface area contributed by atoms with Crippen LogP contribution in [-0.4, -0.2) is 22.0 Å². The number of amides is 1. The third-order valence-corrected chi connectivity index (χ3v) is 2.23. The van der Waals surface area contributed by atoms with Crippen molar-refractivity contribution in [3.8, 4) is 5.75 Å². The molecule has 1 heterocycles. The lowest BCUT2D eigenvalue weighted by Gasteiger charge is -2.11. The van der Waals surface area contributed by atoms with Gasteiger partial charge in [0.2, 0.25) is 5.91 Å². The summed E-state index contributed by atoms with van der Waals surface area (Å²) in [5.41, 5.74) is 5.68. The van der Waals surface area contributed by atoms with Gasteiger partial charge in [0.05, 0.1) is 6.04 Å². The molecule has 0 aliphatic rings. The average Bonchev–Trinajstić information content (AvgIpc) is 2.28. The summed E-state index contributed by atoms with van der Waals surface area (Å²) < 4.78 is 0. The smallest absolute Gasteiger partial charge is 0.242 e. The molecule has 5 nitrogen and oxygen atoms in total. The fourth-order valence-corrected chi connectivity index (χ4v) is 1.26. The van der Waals surface area contributed by atoms with Crippen LogP contribution in [0.2, 0.25) is 0 Å². The summed E-state index contributed by atoms with van der Waals surface area (Å²) in [6.07, 6.45) is 4.03. The van der Waals surface area contributed by atoms with E-state index >= 15 is 0 Å². The standard InChI is InChI=1S/C11H17N3O2/c1-2-3-5-8(12)11(16)14-10-9(15)6-4-7-13-10/h4,6-8,15H,2-3,5,12H2,1H3,(H,13,14,16). The van der Waals surface area contributed by atoms with Gasteiger partial charge in [-0.1, -0.05) is 19.8 Å². The average molecular weight is 223 g/mol. The first kappa shape index (κ1) is 12.4. The third-order valence-electron chi connectivity index (χ3n) is 2.23. The second-order valence-corrected chi connectivity index (χ2v) is 3.61. The molecule has 16 heavy (non-hydrogen) atoms. The minimum Gasteiger partial charge on any atom is -0.504 e. The molecule has 1 amide bonds. The SMILES string of the molecule is CCCCC(N)C(=O)Nc1ncccc1O. The predicted molar refractivity (Wildman–Crippen MR) is 62.0 cm³/mol. The van der Waals surface area contributed by atoms with Crippen molar-refractivity contribution < 1.29 is 9.90 Å². The van der Waals surface area contributed by atoms with Crippen molar-refractivity contribution in [2.24, 2.45) is 5.73 Å². The topological polar surface area (TPSA) is 88.2 Å². The molecule has 0 fully saturated rings. The number of nitrogens with zero attached hydrogens (tertiary/aromatic N) is 1. The van der Waals surface area contributed by atoms with Crippen LogP contribution >= 0.6 is 0 Å². The zero-order valence-corrected chi connectivity index (χ0v) is 9.31. The van der Waals surface area contributed by atoms with Crippen LogP contribution in [0.4, 0.5) is 5.82 Å². The Labute approximate surface area is 94.7 Å². The van der Waals surface area contributed by atoms with Gasteiger partial charge in [-0.25, -0.2) is 4.98 Å². The zero-order valence-electron chi connectivity index (χ0n) is 9.31. The van der Waals surface area contributed by atoms with Crippen LogP contribution in [0.15, 0.2) is 18.3 Å². The van der Waals surface area contributed by atoms with Gasteiger partial charge in [-0.15, -0.1) is 0 Å². The maximum absolute atomic E-state index is 11.6. The van der Waals surface area contributed by atoms with E-state index in [0.29, 0.717) is 6.42 Å². The molecule has 0 aliphatic heterocycles. The number of hydrogen-bond acceptors (Lipinski definition) is 4. The van der Waals surface area contributed by atoms with Gasteiger partial charge in [-0.3, -0.25) is 4.79 Å². The number of pyridine rings is 1. The van der Waals surface area contributed by atoms with Crippen LogP contribution in [0.1, 0.15) is 26.2 Å². The Morgan fingerprint density at radius 1 is 1.69 bits per heavy atom. The fraction of sp³-hybridized carbons (Fsp3) is 0.455. The highest BCUT2D eigenvalue weighted by atomic mass is 16.3. The molecule has 1 atom stereocenters. The molecule has 0 radical (unpaired) electrons. The highest BCUT2D eigenvalue weighted by Gasteiger charge is 2.14. The van der Waals surface area contributed by atoms with E-state index in [1.807, 2.05) is 6.92 Å². The van der Waals surface area contributed by atoms with Gasteiger partial charge in [0.15, 0.2) is 11.6 Å². The summed E-state index contributed by atoms with van der Waals surface area (Å²) in [6, 6.07) is 2.49. The van der Waals surface area contributed by atoms with Gasteiger partial charge in [0, 0.05) is 6.20 Å². The molecule has 0 aromatic carbocycles. The van der Waals surface area contributed by atoms with Crippen LogP contribution in [0.25, 0.3) is 0 Å². The number of nitrogens with one attached hydrogen (secondary N) is 1. The minimum absolute atomic E-state index is 0.0569. The number of aromatic nitrogens is 1. The number of rotatable bonds is 5. The lowest BCUT2D eigenvalue weighted by Crippen LogP contribution is -2.35. The number of anilines is 1. The Bertz CT molecular complexity index is 355. The quantitative estimate of drug-likeness (QED) is 0.700. The van der Waals surface area contributed by atoms with Gasteiger partial charge >= 0.3 is 0 Å². The number of aromatic hydroxyl groups is 1. The molecule has 1 unspecified atom stereocenters. The second-order valence-electron chi connectivity index (χ2n) is 3.61. The van der Waals surface area contributed by atoms with E-state index in [4.69, 9.17) is 5.73 Å². The molecule has 1 aromatic rings. The summed E-state index contributed by atoms with van der Waals surface area (Å²) in [5, 5.41) is 11.9. The van der Waals surface area contributed by atoms with Gasteiger partial charge in [-0.2, -0.15) is 0 Å². The van der Waals surface area contributed by atoms with Crippen LogP contribution in [-0.2, 0) is 4.79 Å². The molecule has 4 N–H and O–H groups in total. The van der Waals surface area contributed by atoms with E-state index in [9.17, 15) is 9.90 Å². The molecule has 0 bridgehead atoms. The summed E-state index contributed by atoms with van der Waals surface area (Å²) in [6.45, 7) is 2.04. The minimum atomic E-state index is -0.554. The van der Waals surface area contributed by atoms with Crippen LogP contribution < -0.4 is 11.1 Å². The maximum Gasteiger partial charge on any atom is 0.242 e. The Morgan fingerprint density at radius 3 is 3.06 bits per heavy atom. The van der Waals surface area contributed by atoms with E-state index in [1.54, 1.807) is 6.07 Å². The molecule has 1 rings (SSSR count). The van der Waals surface area contributed by atoms with Gasteiger partial charge in [-0.05, 0) is 18.6 Å². The summed E-state index contributed by atoms with van der Waals surface area (Å²) in [4.78, 5) is 15.4. The summed E-state index contributed by atoms with van der Waals surface area (Å²) in [7, 11) is 0. The largest absolute Gasteiger partial charge is 0.504 e. The van der Waals surface area contributed by atoms with E-state index in [-0.39, 0.29) is 17.5 Å². The number of hydrogen-bond donors (Lipinski definition) is 3. The normalized spacial score (nSPS) is 12.1. The molecule has 0 saturated heterocycles. The molecule has 0 spiro atoms. The highest BCUT2D eigenvalue weighted by Crippen LogP contribution is 2.18. The van der Waals surface area contributed by atoms with Crippen LogP contribution in [0, 0.1) is 0 Å². The van der Waals surface area contributed by atoms with Crippen molar-refractivity contribution in [1.29, 1.82) is 0 Å². The second kappa shape index (κ2) is 6.07. The van der Waals surface area contributed by atoms with Crippen molar-refractivity contribution in [3.63, 3.8) is 0 Å². The predicted octanol–water partition coefficient (Wildman–Crippen LogP) is 1.24.